The Hall–Kier alpha value is -4.33. The van der Waals surface area contributed by atoms with Crippen molar-refractivity contribution in [2.45, 2.75) is 58.3 Å². The van der Waals surface area contributed by atoms with Crippen molar-refractivity contribution in [3.63, 3.8) is 0 Å². The van der Waals surface area contributed by atoms with E-state index in [2.05, 4.69) is 22.5 Å². The highest BCUT2D eigenvalue weighted by Gasteiger charge is 2.22. The van der Waals surface area contributed by atoms with E-state index in [-0.39, 0.29) is 17.8 Å². The van der Waals surface area contributed by atoms with Gasteiger partial charge in [-0.25, -0.2) is 4.99 Å². The summed E-state index contributed by atoms with van der Waals surface area (Å²) < 4.78 is 5.87. The minimum atomic E-state index is -0.822. The van der Waals surface area contributed by atoms with Crippen molar-refractivity contribution in [3.8, 4) is 5.75 Å². The van der Waals surface area contributed by atoms with Crippen LogP contribution in [0.4, 0.5) is 0 Å². The molecule has 0 radical (unpaired) electrons. The zero-order valence-electron chi connectivity index (χ0n) is 21.9. The van der Waals surface area contributed by atoms with Crippen molar-refractivity contribution in [3.05, 3.63) is 101 Å². The van der Waals surface area contributed by atoms with Crippen LogP contribution in [0.1, 0.15) is 60.9 Å². The average Bonchev–Trinajstić information content (AvgIpc) is 2.94. The molecule has 0 spiro atoms. The summed E-state index contributed by atoms with van der Waals surface area (Å²) in [6.07, 6.45) is 3.14. The molecule has 200 valence electrons. The first-order valence-corrected chi connectivity index (χ1v) is 12.9. The second-order valence-electron chi connectivity index (χ2n) is 9.08. The van der Waals surface area contributed by atoms with Crippen LogP contribution in [0.15, 0.2) is 83.9 Å². The monoisotopic (exact) mass is 515 g/mol. The number of nitrogens with two attached hydrogens (primary N) is 2. The Morgan fingerprint density at radius 3 is 2.32 bits per heavy atom. The molecule has 3 aromatic carbocycles. The summed E-state index contributed by atoms with van der Waals surface area (Å²) in [5.74, 6) is 0.269. The summed E-state index contributed by atoms with van der Waals surface area (Å²) in [7, 11) is 0. The molecule has 0 aliphatic heterocycles. The predicted molar refractivity (Wildman–Crippen MR) is 150 cm³/mol. The minimum Gasteiger partial charge on any atom is -0.489 e. The highest BCUT2D eigenvalue weighted by Crippen LogP contribution is 2.20. The van der Waals surface area contributed by atoms with E-state index in [9.17, 15) is 9.59 Å². The largest absolute Gasteiger partial charge is 0.489 e. The second kappa shape index (κ2) is 15.0. The molecule has 0 saturated carbocycles. The third kappa shape index (κ3) is 9.61. The van der Waals surface area contributed by atoms with Gasteiger partial charge in [-0.05, 0) is 40.8 Å². The number of carbonyl (C=O) groups excluding carboxylic acids is 2. The topological polar surface area (TPSA) is 132 Å². The fourth-order valence-corrected chi connectivity index (χ4v) is 3.88. The molecule has 8 heteroatoms. The quantitative estimate of drug-likeness (QED) is 0.146. The Morgan fingerprint density at radius 2 is 1.61 bits per heavy atom. The summed E-state index contributed by atoms with van der Waals surface area (Å²) in [6, 6.07) is 24.0. The van der Waals surface area contributed by atoms with E-state index >= 15 is 0 Å². The number of guanidine groups is 1. The van der Waals surface area contributed by atoms with Crippen LogP contribution in [-0.4, -0.2) is 17.8 Å². The van der Waals surface area contributed by atoms with Gasteiger partial charge in [0.25, 0.3) is 0 Å². The minimum absolute atomic E-state index is 0.0257. The predicted octanol–water partition coefficient (Wildman–Crippen LogP) is 4.09. The Kier molecular flexibility index (Phi) is 11.2. The SMILES string of the molecule is CCCCCC(=O)N[C@H](C(=O)NCc1cccc(CN=C(N)N)c1)c1ccc(OCc2ccccc2)cc1. The maximum atomic E-state index is 13.3. The van der Waals surface area contributed by atoms with E-state index in [0.29, 0.717) is 37.4 Å². The maximum Gasteiger partial charge on any atom is 0.247 e. The number of nitrogens with zero attached hydrogens (tertiary/aromatic N) is 1. The number of ether oxygens (including phenoxy) is 1. The van der Waals surface area contributed by atoms with Gasteiger partial charge in [-0.3, -0.25) is 9.59 Å². The summed E-state index contributed by atoms with van der Waals surface area (Å²) in [5.41, 5.74) is 14.4. The van der Waals surface area contributed by atoms with Crippen molar-refractivity contribution >= 4 is 17.8 Å². The molecule has 0 saturated heterocycles. The number of rotatable bonds is 14. The molecule has 0 aliphatic rings. The Balaban J connectivity index is 1.67. The molecule has 0 bridgehead atoms. The first-order valence-electron chi connectivity index (χ1n) is 12.9. The molecule has 0 unspecified atom stereocenters. The molecule has 0 fully saturated rings. The number of nitrogens with one attached hydrogen (secondary N) is 2. The van der Waals surface area contributed by atoms with Crippen LogP contribution in [0.5, 0.6) is 5.75 Å². The van der Waals surface area contributed by atoms with Crippen molar-refractivity contribution in [2.75, 3.05) is 0 Å². The van der Waals surface area contributed by atoms with Gasteiger partial charge in [-0.2, -0.15) is 0 Å². The summed E-state index contributed by atoms with van der Waals surface area (Å²) in [6.45, 7) is 3.19. The first kappa shape index (κ1) is 28.2. The van der Waals surface area contributed by atoms with E-state index < -0.39 is 6.04 Å². The van der Waals surface area contributed by atoms with Crippen molar-refractivity contribution < 1.29 is 14.3 Å². The highest BCUT2D eigenvalue weighted by molar-refractivity contribution is 5.88. The van der Waals surface area contributed by atoms with Gasteiger partial charge >= 0.3 is 0 Å². The van der Waals surface area contributed by atoms with E-state index in [1.165, 1.54) is 0 Å². The van der Waals surface area contributed by atoms with Crippen LogP contribution in [-0.2, 0) is 29.3 Å². The van der Waals surface area contributed by atoms with E-state index in [0.717, 1.165) is 36.0 Å². The molecule has 0 aliphatic carbocycles. The lowest BCUT2D eigenvalue weighted by Crippen LogP contribution is -2.40. The molecule has 0 heterocycles. The Labute approximate surface area is 224 Å². The maximum absolute atomic E-state index is 13.3. The lowest BCUT2D eigenvalue weighted by atomic mass is 10.0. The molecule has 8 nitrogen and oxygen atoms in total. The number of amides is 2. The Bertz CT molecular complexity index is 1190. The van der Waals surface area contributed by atoms with Gasteiger partial charge in [-0.1, -0.05) is 86.5 Å². The average molecular weight is 516 g/mol. The van der Waals surface area contributed by atoms with Gasteiger partial charge < -0.3 is 26.8 Å². The molecular weight excluding hydrogens is 478 g/mol. The van der Waals surface area contributed by atoms with Crippen molar-refractivity contribution in [2.24, 2.45) is 16.5 Å². The number of carbonyl (C=O) groups is 2. The molecule has 1 atom stereocenters. The molecule has 3 aromatic rings. The van der Waals surface area contributed by atoms with Crippen LogP contribution in [0.3, 0.4) is 0 Å². The first-order chi connectivity index (χ1) is 18.4. The third-order valence-corrected chi connectivity index (χ3v) is 5.94. The van der Waals surface area contributed by atoms with E-state index in [4.69, 9.17) is 16.2 Å². The zero-order valence-corrected chi connectivity index (χ0v) is 21.9. The van der Waals surface area contributed by atoms with Crippen molar-refractivity contribution in [1.82, 2.24) is 10.6 Å². The Morgan fingerprint density at radius 1 is 0.895 bits per heavy atom. The van der Waals surface area contributed by atoms with Crippen LogP contribution in [0.2, 0.25) is 0 Å². The lowest BCUT2D eigenvalue weighted by Gasteiger charge is -2.20. The normalized spacial score (nSPS) is 11.3. The fourth-order valence-electron chi connectivity index (χ4n) is 3.88. The fraction of sp³-hybridized carbons (Fsp3) is 0.300. The molecular formula is C30H37N5O3. The van der Waals surface area contributed by atoms with Gasteiger partial charge in [0.15, 0.2) is 5.96 Å². The molecule has 6 N–H and O–H groups in total. The number of benzene rings is 3. The van der Waals surface area contributed by atoms with Crippen LogP contribution < -0.4 is 26.8 Å². The number of unbranched alkanes of at least 4 members (excludes halogenated alkanes) is 2. The van der Waals surface area contributed by atoms with Crippen LogP contribution >= 0.6 is 0 Å². The van der Waals surface area contributed by atoms with Gasteiger partial charge in [0.2, 0.25) is 11.8 Å². The number of aliphatic imine (C=N–C) groups is 1. The molecule has 3 rings (SSSR count). The number of hydrogen-bond acceptors (Lipinski definition) is 4. The van der Waals surface area contributed by atoms with Crippen LogP contribution in [0.25, 0.3) is 0 Å². The zero-order chi connectivity index (χ0) is 27.2. The standard InChI is InChI=1S/C30H37N5O3/c1-2-3-5-13-27(36)35-28(25-14-16-26(17-15-25)38-21-22-9-6-4-7-10-22)29(37)33-19-23-11-8-12-24(18-23)20-34-30(31)32/h4,6-12,14-18,28H,2-3,5,13,19-21H2,1H3,(H,33,37)(H,35,36)(H4,31,32,34)/t28-/m0/s1. The lowest BCUT2D eigenvalue weighted by molar-refractivity contribution is -0.129. The van der Waals surface area contributed by atoms with Gasteiger partial charge in [0.1, 0.15) is 18.4 Å². The summed E-state index contributed by atoms with van der Waals surface area (Å²) in [5, 5.41) is 5.87. The second-order valence-corrected chi connectivity index (χ2v) is 9.08. The van der Waals surface area contributed by atoms with E-state index in [1.54, 1.807) is 0 Å². The smallest absolute Gasteiger partial charge is 0.247 e. The van der Waals surface area contributed by atoms with E-state index in [1.807, 2.05) is 78.9 Å². The summed E-state index contributed by atoms with van der Waals surface area (Å²) in [4.78, 5) is 29.9. The van der Waals surface area contributed by atoms with Crippen molar-refractivity contribution in [1.29, 1.82) is 0 Å². The third-order valence-electron chi connectivity index (χ3n) is 5.94. The summed E-state index contributed by atoms with van der Waals surface area (Å²) >= 11 is 0. The number of hydrogen-bond donors (Lipinski definition) is 4. The molecule has 38 heavy (non-hydrogen) atoms. The van der Waals surface area contributed by atoms with Crippen LogP contribution in [0, 0.1) is 0 Å². The van der Waals surface area contributed by atoms with Gasteiger partial charge in [0, 0.05) is 13.0 Å². The molecule has 0 aromatic heterocycles. The molecule has 2 amide bonds. The van der Waals surface area contributed by atoms with Gasteiger partial charge in [0.05, 0.1) is 6.54 Å². The highest BCUT2D eigenvalue weighted by atomic mass is 16.5. The van der Waals surface area contributed by atoms with Gasteiger partial charge in [-0.15, -0.1) is 0 Å².